The summed E-state index contributed by atoms with van der Waals surface area (Å²) in [4.78, 5) is 21.6. The van der Waals surface area contributed by atoms with E-state index in [1.165, 1.54) is 0 Å². The maximum absolute atomic E-state index is 12.9. The van der Waals surface area contributed by atoms with Crippen LogP contribution in [0.2, 0.25) is 0 Å². The van der Waals surface area contributed by atoms with Crippen LogP contribution in [0.1, 0.15) is 18.0 Å². The van der Waals surface area contributed by atoms with Crippen molar-refractivity contribution in [3.8, 4) is 0 Å². The zero-order valence-corrected chi connectivity index (χ0v) is 10.6. The summed E-state index contributed by atoms with van der Waals surface area (Å²) in [5.41, 5.74) is -0.336. The molecule has 2 amide bonds. The fraction of sp³-hybridized carbons (Fsp3) is 0.333. The van der Waals surface area contributed by atoms with Crippen LogP contribution in [0.5, 0.6) is 0 Å². The summed E-state index contributed by atoms with van der Waals surface area (Å²) < 4.78 is 51.4. The number of benzene rings is 1. The molecule has 0 bridgehead atoms. The highest BCUT2D eigenvalue weighted by atomic mass is 19.4. The number of hydrogen-bond acceptors (Lipinski definition) is 2. The molecule has 5 nitrogen and oxygen atoms in total. The molecule has 0 radical (unpaired) electrons. The molecule has 0 aliphatic heterocycles. The number of rotatable bonds is 5. The number of aliphatic carboxylic acids is 1. The Bertz CT molecular complexity index is 502. The van der Waals surface area contributed by atoms with Crippen LogP contribution >= 0.6 is 0 Å². The van der Waals surface area contributed by atoms with E-state index >= 15 is 0 Å². The molecule has 0 spiro atoms. The third-order valence-electron chi connectivity index (χ3n) is 2.43. The van der Waals surface area contributed by atoms with Gasteiger partial charge in [-0.1, -0.05) is 12.1 Å². The number of carboxylic acids is 1. The fourth-order valence-electron chi connectivity index (χ4n) is 1.47. The zero-order chi connectivity index (χ0) is 16.0. The van der Waals surface area contributed by atoms with Gasteiger partial charge >= 0.3 is 18.2 Å². The normalized spacial score (nSPS) is 12.6. The summed E-state index contributed by atoms with van der Waals surface area (Å²) in [7, 11) is 0. The van der Waals surface area contributed by atoms with E-state index in [1.807, 2.05) is 5.32 Å². The Labute approximate surface area is 117 Å². The van der Waals surface area contributed by atoms with Crippen LogP contribution in [-0.2, 0) is 4.79 Å². The summed E-state index contributed by atoms with van der Waals surface area (Å²) in [6.07, 6.45) is -5.19. The predicted octanol–water partition coefficient (Wildman–Crippen LogP) is 2.20. The number of nitrogens with one attached hydrogen (secondary N) is 2. The first kappa shape index (κ1) is 16.7. The van der Waals surface area contributed by atoms with Crippen LogP contribution < -0.4 is 10.6 Å². The monoisotopic (exact) mass is 308 g/mol. The molecule has 0 heterocycles. The highest BCUT2D eigenvalue weighted by molar-refractivity contribution is 5.75. The zero-order valence-electron chi connectivity index (χ0n) is 10.6. The maximum Gasteiger partial charge on any atom is 0.412 e. The van der Waals surface area contributed by atoms with Crippen molar-refractivity contribution in [3.63, 3.8) is 0 Å². The fourth-order valence-corrected chi connectivity index (χ4v) is 1.47. The first-order valence-corrected chi connectivity index (χ1v) is 5.78. The molecule has 0 aliphatic carbocycles. The van der Waals surface area contributed by atoms with Gasteiger partial charge in [0.15, 0.2) is 6.04 Å². The van der Waals surface area contributed by atoms with Crippen LogP contribution in [0.25, 0.3) is 0 Å². The van der Waals surface area contributed by atoms with Gasteiger partial charge in [0.05, 0.1) is 6.42 Å². The smallest absolute Gasteiger partial charge is 0.412 e. The van der Waals surface area contributed by atoms with Gasteiger partial charge in [0.25, 0.3) is 0 Å². The largest absolute Gasteiger partial charge is 0.481 e. The Balaban J connectivity index is 2.73. The molecule has 0 aromatic heterocycles. The molecule has 1 aromatic carbocycles. The van der Waals surface area contributed by atoms with Crippen molar-refractivity contribution in [2.75, 3.05) is 6.54 Å². The molecular weight excluding hydrogens is 296 g/mol. The number of halogens is 4. The number of carbonyl (C=O) groups is 2. The Kier molecular flexibility index (Phi) is 5.51. The van der Waals surface area contributed by atoms with E-state index in [0.29, 0.717) is 0 Å². The minimum absolute atomic E-state index is 0.310. The number of urea groups is 1. The minimum Gasteiger partial charge on any atom is -0.481 e. The number of hydrogen-bond donors (Lipinski definition) is 3. The third-order valence-corrected chi connectivity index (χ3v) is 2.43. The van der Waals surface area contributed by atoms with E-state index < -0.39 is 36.5 Å². The van der Waals surface area contributed by atoms with Crippen molar-refractivity contribution in [1.82, 2.24) is 10.6 Å². The first-order chi connectivity index (χ1) is 9.70. The van der Waals surface area contributed by atoms with E-state index in [2.05, 4.69) is 0 Å². The van der Waals surface area contributed by atoms with Gasteiger partial charge in [-0.25, -0.2) is 9.18 Å². The van der Waals surface area contributed by atoms with Gasteiger partial charge in [-0.3, -0.25) is 4.79 Å². The SMILES string of the molecule is O=C(O)CCNC(=O)N[C@H](c1ccc(F)cc1)C(F)(F)F. The summed E-state index contributed by atoms with van der Waals surface area (Å²) >= 11 is 0. The van der Waals surface area contributed by atoms with Crippen molar-refractivity contribution in [3.05, 3.63) is 35.6 Å². The lowest BCUT2D eigenvalue weighted by molar-refractivity contribution is -0.155. The summed E-state index contributed by atoms with van der Waals surface area (Å²) in [5, 5.41) is 12.0. The second kappa shape index (κ2) is 6.91. The maximum atomic E-state index is 12.9. The predicted molar refractivity (Wildman–Crippen MR) is 64.0 cm³/mol. The lowest BCUT2D eigenvalue weighted by atomic mass is 10.1. The molecule has 3 N–H and O–H groups in total. The topological polar surface area (TPSA) is 78.4 Å². The average Bonchev–Trinajstić information content (AvgIpc) is 2.35. The summed E-state index contributed by atoms with van der Waals surface area (Å²) in [6, 6.07) is 0.0254. The molecule has 0 fully saturated rings. The Morgan fingerprint density at radius 2 is 1.76 bits per heavy atom. The number of alkyl halides is 3. The number of carbonyl (C=O) groups excluding carboxylic acids is 1. The van der Waals surface area contributed by atoms with E-state index in [9.17, 15) is 27.2 Å². The molecule has 0 saturated carbocycles. The summed E-state index contributed by atoms with van der Waals surface area (Å²) in [6.45, 7) is -0.310. The van der Waals surface area contributed by atoms with Gasteiger partial charge in [0, 0.05) is 6.54 Å². The first-order valence-electron chi connectivity index (χ1n) is 5.78. The van der Waals surface area contributed by atoms with Gasteiger partial charge in [-0.2, -0.15) is 13.2 Å². The molecule has 0 unspecified atom stereocenters. The number of amides is 2. The molecule has 21 heavy (non-hydrogen) atoms. The second-order valence-electron chi connectivity index (χ2n) is 4.07. The Morgan fingerprint density at radius 3 is 2.24 bits per heavy atom. The highest BCUT2D eigenvalue weighted by Gasteiger charge is 2.41. The third kappa shape index (κ3) is 5.67. The van der Waals surface area contributed by atoms with Gasteiger partial charge in [0.2, 0.25) is 0 Å². The van der Waals surface area contributed by atoms with E-state index in [4.69, 9.17) is 5.11 Å². The molecule has 116 valence electrons. The molecule has 0 aliphatic rings. The van der Waals surface area contributed by atoms with E-state index in [0.717, 1.165) is 24.3 Å². The van der Waals surface area contributed by atoms with E-state index in [1.54, 1.807) is 5.32 Å². The van der Waals surface area contributed by atoms with Crippen molar-refractivity contribution >= 4 is 12.0 Å². The van der Waals surface area contributed by atoms with Gasteiger partial charge in [0.1, 0.15) is 5.82 Å². The molecule has 0 saturated heterocycles. The highest BCUT2D eigenvalue weighted by Crippen LogP contribution is 2.32. The van der Waals surface area contributed by atoms with Crippen molar-refractivity contribution in [2.24, 2.45) is 0 Å². The van der Waals surface area contributed by atoms with Gasteiger partial charge < -0.3 is 15.7 Å². The molecule has 1 rings (SSSR count). The van der Waals surface area contributed by atoms with Gasteiger partial charge in [-0.15, -0.1) is 0 Å². The second-order valence-corrected chi connectivity index (χ2v) is 4.07. The Hall–Kier alpha value is -2.32. The molecule has 9 heteroatoms. The van der Waals surface area contributed by atoms with Crippen molar-refractivity contribution in [1.29, 1.82) is 0 Å². The number of carboxylic acid groups (broad SMARTS) is 1. The van der Waals surface area contributed by atoms with Crippen LogP contribution in [0.4, 0.5) is 22.4 Å². The van der Waals surface area contributed by atoms with Crippen LogP contribution in [0.3, 0.4) is 0 Å². The van der Waals surface area contributed by atoms with E-state index in [-0.39, 0.29) is 12.1 Å². The quantitative estimate of drug-likeness (QED) is 0.730. The molecule has 1 aromatic rings. The minimum atomic E-state index is -4.78. The van der Waals surface area contributed by atoms with Crippen molar-refractivity contribution < 1.29 is 32.3 Å². The average molecular weight is 308 g/mol. The lowest BCUT2D eigenvalue weighted by Gasteiger charge is -2.22. The molecule has 1 atom stereocenters. The van der Waals surface area contributed by atoms with Crippen molar-refractivity contribution in [2.45, 2.75) is 18.6 Å². The lowest BCUT2D eigenvalue weighted by Crippen LogP contribution is -2.44. The van der Waals surface area contributed by atoms with Crippen LogP contribution in [0, 0.1) is 5.82 Å². The van der Waals surface area contributed by atoms with Gasteiger partial charge in [-0.05, 0) is 17.7 Å². The van der Waals surface area contributed by atoms with Crippen LogP contribution in [0.15, 0.2) is 24.3 Å². The molecular formula is C12H12F4N2O3. The Morgan fingerprint density at radius 1 is 1.19 bits per heavy atom. The summed E-state index contributed by atoms with van der Waals surface area (Å²) in [5.74, 6) is -1.90. The standard InChI is InChI=1S/C12H12F4N2O3/c13-8-3-1-7(2-4-8)10(12(14,15)16)18-11(21)17-6-5-9(19)20/h1-4,10H,5-6H2,(H,19,20)(H2,17,18,21)/t10-/m1/s1. The van der Waals surface area contributed by atoms with Crippen LogP contribution in [-0.4, -0.2) is 29.8 Å².